The van der Waals surface area contributed by atoms with Crippen molar-refractivity contribution < 1.29 is 24.0 Å². The van der Waals surface area contributed by atoms with Gasteiger partial charge in [-0.3, -0.25) is 14.5 Å². The highest BCUT2D eigenvalue weighted by Crippen LogP contribution is 2.41. The van der Waals surface area contributed by atoms with Crippen LogP contribution in [0, 0.1) is 5.92 Å². The summed E-state index contributed by atoms with van der Waals surface area (Å²) >= 11 is 0. The molecule has 1 amide bonds. The van der Waals surface area contributed by atoms with Crippen molar-refractivity contribution in [1.29, 1.82) is 0 Å². The standard InChI is InChI=1S/C31H39N5O4/c1-4-5-15-36(24-7-6-14-33(2)19-24)29(37)21-35-20-25(22-8-10-27-23(18-22)12-17-40-27)30(31(38)39)26(35)9-11-28-32-13-16-34(28)3/h6-8,10,13-14,16,18-19,25-26,30H,4-5,9,11-12,15,17,20-21H2,1-3H3/p+1/t25-,26+,30-/m1/s1. The summed E-state index contributed by atoms with van der Waals surface area (Å²) in [7, 11) is 3.90. The molecule has 9 heteroatoms. The number of aliphatic carboxylic acids is 1. The molecule has 1 aromatic carbocycles. The predicted octanol–water partition coefficient (Wildman–Crippen LogP) is 3.11. The van der Waals surface area contributed by atoms with Crippen LogP contribution in [0.1, 0.15) is 49.1 Å². The van der Waals surface area contributed by atoms with Crippen molar-refractivity contribution in [3.8, 4) is 5.75 Å². The van der Waals surface area contributed by atoms with Gasteiger partial charge < -0.3 is 19.3 Å². The number of likely N-dealkylation sites (tertiary alicyclic amines) is 1. The summed E-state index contributed by atoms with van der Waals surface area (Å²) in [5, 5.41) is 10.5. The molecule has 40 heavy (non-hydrogen) atoms. The predicted molar refractivity (Wildman–Crippen MR) is 151 cm³/mol. The number of amides is 1. The zero-order chi connectivity index (χ0) is 28.2. The molecule has 5 rings (SSSR count). The molecule has 0 aliphatic carbocycles. The molecule has 2 aliphatic rings. The highest BCUT2D eigenvalue weighted by atomic mass is 16.5. The van der Waals surface area contributed by atoms with Gasteiger partial charge in [-0.2, -0.15) is 0 Å². The number of imidazole rings is 1. The van der Waals surface area contributed by atoms with Gasteiger partial charge in [-0.1, -0.05) is 25.5 Å². The molecule has 0 spiro atoms. The second-order valence-electron chi connectivity index (χ2n) is 11.1. The number of carbonyl (C=O) groups is 2. The smallest absolute Gasteiger partial charge is 0.308 e. The van der Waals surface area contributed by atoms with E-state index in [-0.39, 0.29) is 24.4 Å². The second kappa shape index (κ2) is 12.2. The number of anilines is 1. The number of fused-ring (bicyclic) bond motifs is 1. The van der Waals surface area contributed by atoms with Crippen molar-refractivity contribution in [2.45, 2.75) is 51.0 Å². The van der Waals surface area contributed by atoms with Crippen LogP contribution in [0.2, 0.25) is 0 Å². The molecule has 2 aliphatic heterocycles. The number of carboxylic acids is 1. The molecule has 1 saturated heterocycles. The Morgan fingerprint density at radius 2 is 2.12 bits per heavy atom. The van der Waals surface area contributed by atoms with Crippen molar-refractivity contribution in [2.75, 3.05) is 31.1 Å². The van der Waals surface area contributed by atoms with Crippen LogP contribution in [0.4, 0.5) is 5.69 Å². The number of pyridine rings is 1. The largest absolute Gasteiger partial charge is 0.493 e. The minimum absolute atomic E-state index is 0.00576. The molecule has 3 atom stereocenters. The van der Waals surface area contributed by atoms with Gasteiger partial charge in [-0.15, -0.1) is 0 Å². The average Bonchev–Trinajstić information content (AvgIpc) is 3.65. The van der Waals surface area contributed by atoms with Gasteiger partial charge in [0.05, 0.1) is 19.1 Å². The van der Waals surface area contributed by atoms with Crippen LogP contribution < -0.4 is 14.2 Å². The third-order valence-corrected chi connectivity index (χ3v) is 8.37. The third kappa shape index (κ3) is 5.89. The Kier molecular flexibility index (Phi) is 8.49. The van der Waals surface area contributed by atoms with Gasteiger partial charge in [-0.05, 0) is 36.1 Å². The maximum atomic E-state index is 13.9. The van der Waals surface area contributed by atoms with E-state index in [1.807, 2.05) is 71.0 Å². The van der Waals surface area contributed by atoms with Gasteiger partial charge >= 0.3 is 5.97 Å². The van der Waals surface area contributed by atoms with Crippen LogP contribution in [0.5, 0.6) is 5.75 Å². The Labute approximate surface area is 236 Å². The van der Waals surface area contributed by atoms with Crippen LogP contribution in [-0.2, 0) is 36.5 Å². The topological polar surface area (TPSA) is 91.8 Å². The zero-order valence-corrected chi connectivity index (χ0v) is 23.7. The van der Waals surface area contributed by atoms with E-state index in [2.05, 4.69) is 22.9 Å². The normalized spacial score (nSPS) is 20.3. The number of ether oxygens (including phenoxy) is 1. The van der Waals surface area contributed by atoms with E-state index in [0.717, 1.165) is 47.7 Å². The monoisotopic (exact) mass is 546 g/mol. The van der Waals surface area contributed by atoms with Crippen molar-refractivity contribution >= 4 is 17.6 Å². The van der Waals surface area contributed by atoms with Crippen molar-refractivity contribution in [3.63, 3.8) is 0 Å². The summed E-state index contributed by atoms with van der Waals surface area (Å²) in [6.07, 6.45) is 11.5. The number of nitrogens with zero attached hydrogens (tertiary/aromatic N) is 5. The third-order valence-electron chi connectivity index (χ3n) is 8.37. The number of unbranched alkanes of at least 4 members (excludes halogenated alkanes) is 1. The van der Waals surface area contributed by atoms with Crippen molar-refractivity contribution in [2.24, 2.45) is 20.0 Å². The summed E-state index contributed by atoms with van der Waals surface area (Å²) in [5.41, 5.74) is 2.99. The van der Waals surface area contributed by atoms with E-state index in [1.54, 1.807) is 6.20 Å². The Balaban J connectivity index is 1.44. The summed E-state index contributed by atoms with van der Waals surface area (Å²) in [6, 6.07) is 9.69. The summed E-state index contributed by atoms with van der Waals surface area (Å²) < 4.78 is 9.62. The van der Waals surface area contributed by atoms with Gasteiger partial charge in [0.25, 0.3) is 0 Å². The van der Waals surface area contributed by atoms with Gasteiger partial charge in [-0.25, -0.2) is 9.55 Å². The Morgan fingerprint density at radius 3 is 2.85 bits per heavy atom. The first-order chi connectivity index (χ1) is 19.4. The van der Waals surface area contributed by atoms with Crippen LogP contribution in [0.25, 0.3) is 0 Å². The minimum atomic E-state index is -0.820. The molecule has 9 nitrogen and oxygen atoms in total. The molecule has 3 aromatic rings. The molecular formula is C31H40N5O4+. The fourth-order valence-electron chi connectivity index (χ4n) is 6.25. The lowest BCUT2D eigenvalue weighted by atomic mass is 9.83. The van der Waals surface area contributed by atoms with E-state index in [4.69, 9.17) is 4.74 Å². The highest BCUT2D eigenvalue weighted by Gasteiger charge is 2.47. The maximum absolute atomic E-state index is 13.9. The fourth-order valence-corrected chi connectivity index (χ4v) is 6.25. The first-order valence-electron chi connectivity index (χ1n) is 14.3. The molecule has 212 valence electrons. The van der Waals surface area contributed by atoms with E-state index >= 15 is 0 Å². The second-order valence-corrected chi connectivity index (χ2v) is 11.1. The number of hydrogen-bond donors (Lipinski definition) is 1. The Bertz CT molecular complexity index is 1350. The summed E-state index contributed by atoms with van der Waals surface area (Å²) in [6.45, 7) is 4.08. The zero-order valence-electron chi connectivity index (χ0n) is 23.7. The molecule has 0 radical (unpaired) electrons. The van der Waals surface area contributed by atoms with E-state index in [9.17, 15) is 14.7 Å². The number of aryl methyl sites for hydroxylation is 3. The molecule has 0 bridgehead atoms. The lowest BCUT2D eigenvalue weighted by molar-refractivity contribution is -0.670. The average molecular weight is 547 g/mol. The maximum Gasteiger partial charge on any atom is 0.308 e. The summed E-state index contributed by atoms with van der Waals surface area (Å²) in [5.74, 6) is 0.117. The van der Waals surface area contributed by atoms with Crippen molar-refractivity contribution in [1.82, 2.24) is 14.5 Å². The number of carbonyl (C=O) groups excluding carboxylic acids is 1. The first-order valence-corrected chi connectivity index (χ1v) is 14.3. The quantitative estimate of drug-likeness (QED) is 0.372. The molecule has 2 aromatic heterocycles. The molecule has 0 saturated carbocycles. The molecule has 1 fully saturated rings. The van der Waals surface area contributed by atoms with Crippen LogP contribution in [0.15, 0.2) is 55.1 Å². The Hall–Kier alpha value is -3.72. The number of carboxylic acid groups (broad SMARTS) is 1. The van der Waals surface area contributed by atoms with Gasteiger partial charge in [0.15, 0.2) is 12.4 Å². The lowest BCUT2D eigenvalue weighted by Crippen LogP contribution is -2.45. The molecular weight excluding hydrogens is 506 g/mol. The first kappa shape index (κ1) is 27.8. The van der Waals surface area contributed by atoms with Gasteiger partial charge in [0.1, 0.15) is 24.3 Å². The molecule has 0 unspecified atom stereocenters. The van der Waals surface area contributed by atoms with Gasteiger partial charge in [0.2, 0.25) is 5.91 Å². The van der Waals surface area contributed by atoms with Crippen LogP contribution in [-0.4, -0.2) is 63.7 Å². The SMILES string of the molecule is CCCCN(C(=O)CN1C[C@H](c2ccc3c(c2)CCO3)[C@@H](C(=O)O)[C@@H]1CCc1nccn1C)c1ccc[n+](C)c1. The summed E-state index contributed by atoms with van der Waals surface area (Å²) in [4.78, 5) is 35.2. The Morgan fingerprint density at radius 1 is 1.27 bits per heavy atom. The molecule has 4 heterocycles. The van der Waals surface area contributed by atoms with E-state index in [0.29, 0.717) is 32.5 Å². The molecule has 1 N–H and O–H groups in total. The number of benzene rings is 1. The number of aromatic nitrogens is 3. The number of hydrogen-bond acceptors (Lipinski definition) is 5. The van der Waals surface area contributed by atoms with Crippen LogP contribution >= 0.6 is 0 Å². The highest BCUT2D eigenvalue weighted by molar-refractivity contribution is 5.94. The lowest BCUT2D eigenvalue weighted by Gasteiger charge is -2.29. The van der Waals surface area contributed by atoms with Crippen LogP contribution in [0.3, 0.4) is 0 Å². The minimum Gasteiger partial charge on any atom is -0.493 e. The fraction of sp³-hybridized carbons (Fsp3) is 0.484. The van der Waals surface area contributed by atoms with Crippen molar-refractivity contribution in [3.05, 3.63) is 72.1 Å². The number of rotatable bonds is 11. The van der Waals surface area contributed by atoms with Gasteiger partial charge in [0, 0.05) is 63.4 Å². The van der Waals surface area contributed by atoms with E-state index < -0.39 is 11.9 Å². The van der Waals surface area contributed by atoms with E-state index in [1.165, 1.54) is 0 Å².